The van der Waals surface area contributed by atoms with E-state index in [0.717, 1.165) is 26.1 Å². The van der Waals surface area contributed by atoms with Crippen LogP contribution in [-0.4, -0.2) is 31.3 Å². The summed E-state index contributed by atoms with van der Waals surface area (Å²) in [5.41, 5.74) is 1.18. The normalized spacial score (nSPS) is 21.1. The first-order chi connectivity index (χ1) is 8.33. The third-order valence-electron chi connectivity index (χ3n) is 3.80. The highest BCUT2D eigenvalue weighted by Crippen LogP contribution is 2.28. The van der Waals surface area contributed by atoms with Gasteiger partial charge in [0.1, 0.15) is 0 Å². The Morgan fingerprint density at radius 1 is 1.35 bits per heavy atom. The minimum absolute atomic E-state index is 0.448. The summed E-state index contributed by atoms with van der Waals surface area (Å²) in [6.45, 7) is 4.06. The van der Waals surface area contributed by atoms with Gasteiger partial charge in [-0.2, -0.15) is 0 Å². The van der Waals surface area contributed by atoms with Crippen LogP contribution in [0.3, 0.4) is 0 Å². The molecule has 2 heterocycles. The first-order valence-corrected chi connectivity index (χ1v) is 6.49. The Kier molecular flexibility index (Phi) is 4.51. The van der Waals surface area contributed by atoms with Gasteiger partial charge in [0.15, 0.2) is 0 Å². The molecule has 1 aliphatic rings. The molecule has 2 atom stereocenters. The highest BCUT2D eigenvalue weighted by Gasteiger charge is 2.28. The molecule has 0 radical (unpaired) electrons. The Morgan fingerprint density at radius 2 is 2.12 bits per heavy atom. The van der Waals surface area contributed by atoms with Gasteiger partial charge < -0.3 is 10.1 Å². The molecule has 0 spiro atoms. The summed E-state index contributed by atoms with van der Waals surface area (Å²) in [4.78, 5) is 4.47. The average molecular weight is 234 g/mol. The van der Waals surface area contributed by atoms with Crippen molar-refractivity contribution in [1.29, 1.82) is 0 Å². The van der Waals surface area contributed by atoms with E-state index in [0.29, 0.717) is 17.9 Å². The number of hydrogen-bond acceptors (Lipinski definition) is 3. The molecular weight excluding hydrogens is 212 g/mol. The Labute approximate surface area is 104 Å². The second-order valence-electron chi connectivity index (χ2n) is 4.81. The van der Waals surface area contributed by atoms with Crippen molar-refractivity contribution in [2.45, 2.75) is 31.7 Å². The summed E-state index contributed by atoms with van der Waals surface area (Å²) in [6.07, 6.45) is 4.19. The number of likely N-dealkylation sites (N-methyl/N-ethyl adjacent to an activating group) is 1. The Bertz CT molecular complexity index is 322. The van der Waals surface area contributed by atoms with Gasteiger partial charge in [-0.05, 0) is 37.9 Å². The van der Waals surface area contributed by atoms with E-state index in [1.54, 1.807) is 0 Å². The fraction of sp³-hybridized carbons (Fsp3) is 0.643. The molecule has 3 heteroatoms. The van der Waals surface area contributed by atoms with Gasteiger partial charge in [0.25, 0.3) is 0 Å². The topological polar surface area (TPSA) is 34.1 Å². The Balaban J connectivity index is 2.06. The lowest BCUT2D eigenvalue weighted by Crippen LogP contribution is -2.40. The minimum atomic E-state index is 0.448. The smallest absolute Gasteiger partial charge is 0.0469 e. The molecule has 94 valence electrons. The molecule has 1 N–H and O–H groups in total. The number of pyridine rings is 1. The van der Waals surface area contributed by atoms with E-state index in [4.69, 9.17) is 4.74 Å². The Hall–Kier alpha value is -0.930. The van der Waals surface area contributed by atoms with Crippen molar-refractivity contribution in [2.75, 3.05) is 20.3 Å². The van der Waals surface area contributed by atoms with Crippen molar-refractivity contribution in [2.24, 2.45) is 5.92 Å². The largest absolute Gasteiger partial charge is 0.381 e. The van der Waals surface area contributed by atoms with Gasteiger partial charge >= 0.3 is 0 Å². The monoisotopic (exact) mass is 234 g/mol. The quantitative estimate of drug-likeness (QED) is 0.867. The maximum atomic E-state index is 5.44. The number of ether oxygens (including phenoxy) is 1. The fourth-order valence-corrected chi connectivity index (χ4v) is 2.80. The van der Waals surface area contributed by atoms with E-state index >= 15 is 0 Å². The summed E-state index contributed by atoms with van der Waals surface area (Å²) in [5.74, 6) is 1.15. The molecule has 1 saturated heterocycles. The molecule has 2 rings (SSSR count). The molecule has 17 heavy (non-hydrogen) atoms. The lowest BCUT2D eigenvalue weighted by atomic mass is 9.83. The maximum absolute atomic E-state index is 5.44. The van der Waals surface area contributed by atoms with Crippen LogP contribution in [0.2, 0.25) is 0 Å². The third-order valence-corrected chi connectivity index (χ3v) is 3.80. The van der Waals surface area contributed by atoms with E-state index in [9.17, 15) is 0 Å². The van der Waals surface area contributed by atoms with Crippen LogP contribution in [0.15, 0.2) is 24.4 Å². The molecule has 0 bridgehead atoms. The van der Waals surface area contributed by atoms with E-state index < -0.39 is 0 Å². The molecule has 1 fully saturated rings. The number of hydrogen-bond donors (Lipinski definition) is 1. The number of rotatable bonds is 4. The second kappa shape index (κ2) is 6.12. The summed E-state index contributed by atoms with van der Waals surface area (Å²) in [7, 11) is 2.06. The first kappa shape index (κ1) is 12.5. The number of nitrogens with one attached hydrogen (secondary N) is 1. The molecule has 0 aliphatic carbocycles. The van der Waals surface area contributed by atoms with Gasteiger partial charge in [-0.3, -0.25) is 4.98 Å². The summed E-state index contributed by atoms with van der Waals surface area (Å²) in [5, 5.41) is 3.47. The number of aromatic nitrogens is 1. The van der Waals surface area contributed by atoms with Gasteiger partial charge in [0, 0.05) is 37.1 Å². The summed E-state index contributed by atoms with van der Waals surface area (Å²) >= 11 is 0. The zero-order valence-corrected chi connectivity index (χ0v) is 10.7. The average Bonchev–Trinajstić information content (AvgIpc) is 2.42. The molecule has 0 saturated carbocycles. The SMILES string of the molecule is CNC(C1CCOCC1)C(C)c1ccccn1. The predicted molar refractivity (Wildman–Crippen MR) is 69.0 cm³/mol. The Morgan fingerprint density at radius 3 is 2.71 bits per heavy atom. The van der Waals surface area contributed by atoms with Crippen molar-refractivity contribution < 1.29 is 4.74 Å². The van der Waals surface area contributed by atoms with Crippen molar-refractivity contribution in [3.63, 3.8) is 0 Å². The van der Waals surface area contributed by atoms with Crippen molar-refractivity contribution in [3.05, 3.63) is 30.1 Å². The molecule has 0 aromatic carbocycles. The second-order valence-corrected chi connectivity index (χ2v) is 4.81. The molecule has 3 nitrogen and oxygen atoms in total. The van der Waals surface area contributed by atoms with E-state index in [1.807, 2.05) is 12.3 Å². The van der Waals surface area contributed by atoms with Gasteiger partial charge in [0.05, 0.1) is 0 Å². The van der Waals surface area contributed by atoms with E-state index in [-0.39, 0.29) is 0 Å². The van der Waals surface area contributed by atoms with Gasteiger partial charge in [0.2, 0.25) is 0 Å². The molecule has 2 unspecified atom stereocenters. The fourth-order valence-electron chi connectivity index (χ4n) is 2.80. The van der Waals surface area contributed by atoms with Crippen LogP contribution in [0, 0.1) is 5.92 Å². The van der Waals surface area contributed by atoms with Gasteiger partial charge in [-0.1, -0.05) is 13.0 Å². The van der Waals surface area contributed by atoms with Crippen LogP contribution in [0.25, 0.3) is 0 Å². The van der Waals surface area contributed by atoms with Crippen LogP contribution in [-0.2, 0) is 4.74 Å². The molecule has 1 aliphatic heterocycles. The highest BCUT2D eigenvalue weighted by molar-refractivity contribution is 5.11. The zero-order valence-electron chi connectivity index (χ0n) is 10.7. The van der Waals surface area contributed by atoms with Gasteiger partial charge in [-0.25, -0.2) is 0 Å². The lowest BCUT2D eigenvalue weighted by molar-refractivity contribution is 0.0515. The lowest BCUT2D eigenvalue weighted by Gasteiger charge is -2.33. The van der Waals surface area contributed by atoms with Crippen LogP contribution >= 0.6 is 0 Å². The molecule has 1 aromatic heterocycles. The number of nitrogens with zero attached hydrogens (tertiary/aromatic N) is 1. The van der Waals surface area contributed by atoms with E-state index in [1.165, 1.54) is 5.69 Å². The highest BCUT2D eigenvalue weighted by atomic mass is 16.5. The maximum Gasteiger partial charge on any atom is 0.0469 e. The first-order valence-electron chi connectivity index (χ1n) is 6.49. The molecular formula is C14H22N2O. The standard InChI is InChI=1S/C14H22N2O/c1-11(13-5-3-4-8-16-13)14(15-2)12-6-9-17-10-7-12/h3-5,8,11-12,14-15H,6-7,9-10H2,1-2H3. The van der Waals surface area contributed by atoms with Crippen LogP contribution < -0.4 is 5.32 Å². The summed E-state index contributed by atoms with van der Waals surface area (Å²) in [6, 6.07) is 6.65. The van der Waals surface area contributed by atoms with Crippen LogP contribution in [0.4, 0.5) is 0 Å². The third kappa shape index (κ3) is 3.05. The van der Waals surface area contributed by atoms with Gasteiger partial charge in [-0.15, -0.1) is 0 Å². The van der Waals surface area contributed by atoms with E-state index in [2.05, 4.69) is 36.4 Å². The molecule has 1 aromatic rings. The van der Waals surface area contributed by atoms with Crippen LogP contribution in [0.1, 0.15) is 31.4 Å². The zero-order chi connectivity index (χ0) is 12.1. The van der Waals surface area contributed by atoms with Crippen molar-refractivity contribution in [1.82, 2.24) is 10.3 Å². The van der Waals surface area contributed by atoms with Crippen LogP contribution in [0.5, 0.6) is 0 Å². The van der Waals surface area contributed by atoms with Crippen molar-refractivity contribution in [3.8, 4) is 0 Å². The molecule has 0 amide bonds. The minimum Gasteiger partial charge on any atom is -0.381 e. The van der Waals surface area contributed by atoms with Crippen molar-refractivity contribution >= 4 is 0 Å². The summed E-state index contributed by atoms with van der Waals surface area (Å²) < 4.78 is 5.44. The predicted octanol–water partition coefficient (Wildman–Crippen LogP) is 2.20.